The van der Waals surface area contributed by atoms with Crippen LogP contribution < -0.4 is 0 Å². The maximum Gasteiger partial charge on any atom is 0.141 e. The van der Waals surface area contributed by atoms with Crippen molar-refractivity contribution in [2.24, 2.45) is 10.9 Å². The number of hydrogen-bond donors (Lipinski definition) is 1. The van der Waals surface area contributed by atoms with E-state index in [1.165, 1.54) is 5.56 Å². The van der Waals surface area contributed by atoms with Crippen molar-refractivity contribution in [2.75, 3.05) is 0 Å². The van der Waals surface area contributed by atoms with Crippen molar-refractivity contribution in [3.8, 4) is 0 Å². The first-order valence-electron chi connectivity index (χ1n) is 6.66. The molecule has 19 heavy (non-hydrogen) atoms. The molecule has 0 radical (unpaired) electrons. The molecule has 3 rings (SSSR count). The Kier molecular flexibility index (Phi) is 3.08. The molecule has 0 saturated heterocycles. The normalized spacial score (nSPS) is 23.0. The van der Waals surface area contributed by atoms with Gasteiger partial charge in [-0.05, 0) is 23.6 Å². The molecule has 1 aliphatic heterocycles. The molecule has 0 spiro atoms. The van der Waals surface area contributed by atoms with E-state index < -0.39 is 0 Å². The van der Waals surface area contributed by atoms with Crippen molar-refractivity contribution in [2.45, 2.75) is 19.3 Å². The van der Waals surface area contributed by atoms with Gasteiger partial charge in [0.1, 0.15) is 5.76 Å². The minimum atomic E-state index is 0.191. The SMILES string of the molecule is CC(C1=CCC2C=CC=NC2=C1O)c1ccccc1. The third-order valence-corrected chi connectivity index (χ3v) is 3.87. The van der Waals surface area contributed by atoms with Gasteiger partial charge in [-0.15, -0.1) is 0 Å². The molecule has 2 atom stereocenters. The Hall–Kier alpha value is -2.09. The lowest BCUT2D eigenvalue weighted by atomic mass is 9.83. The fourth-order valence-corrected chi connectivity index (χ4v) is 2.72. The van der Waals surface area contributed by atoms with E-state index >= 15 is 0 Å². The summed E-state index contributed by atoms with van der Waals surface area (Å²) in [5.41, 5.74) is 3.02. The van der Waals surface area contributed by atoms with Gasteiger partial charge in [0.2, 0.25) is 0 Å². The van der Waals surface area contributed by atoms with Gasteiger partial charge >= 0.3 is 0 Å². The van der Waals surface area contributed by atoms with Crippen LogP contribution in [0.15, 0.2) is 70.6 Å². The third kappa shape index (κ3) is 2.14. The van der Waals surface area contributed by atoms with Gasteiger partial charge in [0, 0.05) is 18.1 Å². The molecule has 0 fully saturated rings. The van der Waals surface area contributed by atoms with Crippen LogP contribution in [0.3, 0.4) is 0 Å². The lowest BCUT2D eigenvalue weighted by Crippen LogP contribution is -2.14. The van der Waals surface area contributed by atoms with Gasteiger partial charge in [-0.25, -0.2) is 0 Å². The van der Waals surface area contributed by atoms with Crippen LogP contribution in [0.4, 0.5) is 0 Å². The number of aliphatic hydroxyl groups is 1. The lowest BCUT2D eigenvalue weighted by Gasteiger charge is -2.26. The van der Waals surface area contributed by atoms with Crippen molar-refractivity contribution in [3.63, 3.8) is 0 Å². The second kappa shape index (κ2) is 4.88. The number of hydrogen-bond acceptors (Lipinski definition) is 2. The zero-order chi connectivity index (χ0) is 13.2. The third-order valence-electron chi connectivity index (χ3n) is 3.87. The van der Waals surface area contributed by atoms with E-state index in [1.54, 1.807) is 6.21 Å². The number of nitrogens with zero attached hydrogens (tertiary/aromatic N) is 1. The second-order valence-electron chi connectivity index (χ2n) is 5.03. The van der Waals surface area contributed by atoms with Crippen molar-refractivity contribution in [3.05, 3.63) is 71.2 Å². The maximum absolute atomic E-state index is 10.5. The molecule has 2 aliphatic rings. The summed E-state index contributed by atoms with van der Waals surface area (Å²) in [7, 11) is 0. The van der Waals surface area contributed by atoms with Crippen LogP contribution in [0.2, 0.25) is 0 Å². The fraction of sp³-hybridized carbons (Fsp3) is 0.235. The lowest BCUT2D eigenvalue weighted by molar-refractivity contribution is 0.394. The minimum absolute atomic E-state index is 0.191. The highest BCUT2D eigenvalue weighted by Gasteiger charge is 2.26. The number of dihydropyridines is 1. The van der Waals surface area contributed by atoms with E-state index in [9.17, 15) is 5.11 Å². The number of rotatable bonds is 2. The molecular weight excluding hydrogens is 234 g/mol. The highest BCUT2D eigenvalue weighted by atomic mass is 16.3. The van der Waals surface area contributed by atoms with Crippen molar-refractivity contribution in [1.82, 2.24) is 0 Å². The molecule has 1 N–H and O–H groups in total. The van der Waals surface area contributed by atoms with Crippen LogP contribution >= 0.6 is 0 Å². The number of aliphatic hydroxyl groups excluding tert-OH is 1. The topological polar surface area (TPSA) is 32.6 Å². The van der Waals surface area contributed by atoms with Crippen molar-refractivity contribution in [1.29, 1.82) is 0 Å². The Morgan fingerprint density at radius 3 is 2.84 bits per heavy atom. The number of benzene rings is 1. The van der Waals surface area contributed by atoms with Gasteiger partial charge in [-0.1, -0.05) is 49.4 Å². The molecule has 96 valence electrons. The predicted octanol–water partition coefficient (Wildman–Crippen LogP) is 4.15. The minimum Gasteiger partial charge on any atom is -0.506 e. The van der Waals surface area contributed by atoms with Gasteiger partial charge in [0.25, 0.3) is 0 Å². The molecule has 1 aliphatic carbocycles. The molecule has 2 heteroatoms. The average Bonchev–Trinajstić information content (AvgIpc) is 2.48. The largest absolute Gasteiger partial charge is 0.506 e. The molecular formula is C17H17NO. The van der Waals surface area contributed by atoms with Crippen LogP contribution in [-0.4, -0.2) is 11.3 Å². The summed E-state index contributed by atoms with van der Waals surface area (Å²) in [4.78, 5) is 4.34. The van der Waals surface area contributed by atoms with Gasteiger partial charge in [-0.2, -0.15) is 0 Å². The first-order chi connectivity index (χ1) is 9.27. The summed E-state index contributed by atoms with van der Waals surface area (Å²) in [6, 6.07) is 10.3. The monoisotopic (exact) mass is 251 g/mol. The van der Waals surface area contributed by atoms with Gasteiger partial charge < -0.3 is 5.11 Å². The Balaban J connectivity index is 1.95. The Bertz CT molecular complexity index is 593. The Morgan fingerprint density at radius 2 is 2.05 bits per heavy atom. The molecule has 1 aromatic carbocycles. The van der Waals surface area contributed by atoms with Crippen molar-refractivity contribution >= 4 is 6.21 Å². The van der Waals surface area contributed by atoms with Crippen LogP contribution in [-0.2, 0) is 0 Å². The van der Waals surface area contributed by atoms with Crippen LogP contribution in [0.1, 0.15) is 24.8 Å². The summed E-state index contributed by atoms with van der Waals surface area (Å²) in [5.74, 6) is 0.778. The van der Waals surface area contributed by atoms with Crippen LogP contribution in [0, 0.1) is 5.92 Å². The molecule has 2 unspecified atom stereocenters. The Labute approximate surface area is 113 Å². The average molecular weight is 251 g/mol. The fourth-order valence-electron chi connectivity index (χ4n) is 2.72. The quantitative estimate of drug-likeness (QED) is 0.841. The molecule has 2 nitrogen and oxygen atoms in total. The van der Waals surface area contributed by atoms with E-state index in [1.807, 2.05) is 24.3 Å². The number of allylic oxidation sites excluding steroid dienone is 4. The highest BCUT2D eigenvalue weighted by molar-refractivity contribution is 5.74. The molecule has 0 bridgehead atoms. The van der Waals surface area contributed by atoms with Crippen LogP contribution in [0.25, 0.3) is 0 Å². The van der Waals surface area contributed by atoms with E-state index in [0.717, 1.165) is 17.7 Å². The highest BCUT2D eigenvalue weighted by Crippen LogP contribution is 2.38. The second-order valence-corrected chi connectivity index (χ2v) is 5.03. The summed E-state index contributed by atoms with van der Waals surface area (Å²) in [5, 5.41) is 10.5. The number of fused-ring (bicyclic) bond motifs is 1. The summed E-state index contributed by atoms with van der Waals surface area (Å²) in [6.07, 6.45) is 8.85. The standard InChI is InChI=1S/C17H17NO/c1-12(13-6-3-2-4-7-13)15-10-9-14-8-5-11-18-16(14)17(15)19/h2-8,10-12,14,19H,9H2,1H3. The number of aliphatic imine (C=N–C) groups is 1. The molecule has 0 saturated carbocycles. The summed E-state index contributed by atoms with van der Waals surface area (Å²) in [6.45, 7) is 2.13. The predicted molar refractivity (Wildman–Crippen MR) is 78.3 cm³/mol. The zero-order valence-electron chi connectivity index (χ0n) is 11.0. The smallest absolute Gasteiger partial charge is 0.141 e. The summed E-state index contributed by atoms with van der Waals surface area (Å²) >= 11 is 0. The van der Waals surface area contributed by atoms with Gasteiger partial charge in [0.15, 0.2) is 0 Å². The Morgan fingerprint density at radius 1 is 1.26 bits per heavy atom. The first kappa shape index (κ1) is 12.0. The summed E-state index contributed by atoms with van der Waals surface area (Å²) < 4.78 is 0. The van der Waals surface area contributed by atoms with Gasteiger partial charge in [0.05, 0.1) is 5.70 Å². The molecule has 0 aromatic heterocycles. The van der Waals surface area contributed by atoms with E-state index in [-0.39, 0.29) is 11.8 Å². The first-order valence-corrected chi connectivity index (χ1v) is 6.66. The van der Waals surface area contributed by atoms with Gasteiger partial charge in [-0.3, -0.25) is 4.99 Å². The molecule has 1 heterocycles. The van der Waals surface area contributed by atoms with E-state index in [4.69, 9.17) is 0 Å². The van der Waals surface area contributed by atoms with Crippen LogP contribution in [0.5, 0.6) is 0 Å². The molecule has 1 aromatic rings. The molecule has 0 amide bonds. The maximum atomic E-state index is 10.5. The van der Waals surface area contributed by atoms with E-state index in [0.29, 0.717) is 5.76 Å². The van der Waals surface area contributed by atoms with E-state index in [2.05, 4.69) is 36.2 Å². The van der Waals surface area contributed by atoms with Crippen molar-refractivity contribution < 1.29 is 5.11 Å². The zero-order valence-corrected chi connectivity index (χ0v) is 11.0.